The number of benzene rings is 1. The van der Waals surface area contributed by atoms with Crippen LogP contribution in [0.5, 0.6) is 0 Å². The third-order valence-corrected chi connectivity index (χ3v) is 3.64. The zero-order chi connectivity index (χ0) is 13.1. The summed E-state index contributed by atoms with van der Waals surface area (Å²) in [4.78, 5) is 0. The molecule has 100 valence electrons. The largest absolute Gasteiger partial charge is 0.310 e. The minimum atomic E-state index is -0.868. The van der Waals surface area contributed by atoms with E-state index in [1.165, 1.54) is 6.42 Å². The molecule has 2 rings (SSSR count). The predicted molar refractivity (Wildman–Crippen MR) is 64.7 cm³/mol. The van der Waals surface area contributed by atoms with Crippen LogP contribution < -0.4 is 5.32 Å². The fraction of sp³-hybridized carbons (Fsp3) is 0.571. The summed E-state index contributed by atoms with van der Waals surface area (Å²) < 4.78 is 40.4. The highest BCUT2D eigenvalue weighted by Crippen LogP contribution is 2.36. The Balaban J connectivity index is 2.23. The molecule has 1 aromatic carbocycles. The Morgan fingerprint density at radius 3 is 2.28 bits per heavy atom. The number of nitrogens with one attached hydrogen (secondary N) is 1. The Hall–Kier alpha value is -1.03. The molecule has 1 unspecified atom stereocenters. The first kappa shape index (κ1) is 13.4. The molecule has 1 saturated carbocycles. The molecule has 0 bridgehead atoms. The molecule has 18 heavy (non-hydrogen) atoms. The SMILES string of the molecule is CCNC(CC1CCC1)c1c(F)cc(F)cc1F. The minimum Gasteiger partial charge on any atom is -0.310 e. The summed E-state index contributed by atoms with van der Waals surface area (Å²) in [7, 11) is 0. The van der Waals surface area contributed by atoms with Crippen LogP contribution in [0, 0.1) is 23.4 Å². The molecule has 0 amide bonds. The van der Waals surface area contributed by atoms with Crippen LogP contribution in [0.3, 0.4) is 0 Å². The molecule has 0 spiro atoms. The second kappa shape index (κ2) is 5.74. The van der Waals surface area contributed by atoms with Gasteiger partial charge in [0.05, 0.1) is 0 Å². The highest BCUT2D eigenvalue weighted by atomic mass is 19.1. The third-order valence-electron chi connectivity index (χ3n) is 3.64. The van der Waals surface area contributed by atoms with Crippen molar-refractivity contribution in [3.05, 3.63) is 35.1 Å². The molecule has 1 aliphatic rings. The Kier molecular flexibility index (Phi) is 4.27. The van der Waals surface area contributed by atoms with Crippen LogP contribution in [0.1, 0.15) is 44.2 Å². The van der Waals surface area contributed by atoms with E-state index < -0.39 is 17.5 Å². The van der Waals surface area contributed by atoms with Gasteiger partial charge >= 0.3 is 0 Å². The second-order valence-electron chi connectivity index (χ2n) is 4.93. The molecule has 0 radical (unpaired) electrons. The molecular formula is C14H18F3N. The topological polar surface area (TPSA) is 12.0 Å². The quantitative estimate of drug-likeness (QED) is 0.842. The van der Waals surface area contributed by atoms with Gasteiger partial charge in [0.15, 0.2) is 0 Å². The van der Waals surface area contributed by atoms with Crippen LogP contribution in [0.4, 0.5) is 13.2 Å². The Labute approximate surface area is 105 Å². The maximum atomic E-state index is 13.7. The summed E-state index contributed by atoms with van der Waals surface area (Å²) in [5.41, 5.74) is -0.0230. The van der Waals surface area contributed by atoms with Gasteiger partial charge in [-0.3, -0.25) is 0 Å². The van der Waals surface area contributed by atoms with Crippen LogP contribution in [-0.4, -0.2) is 6.54 Å². The number of halogens is 3. The fourth-order valence-electron chi connectivity index (χ4n) is 2.50. The van der Waals surface area contributed by atoms with Crippen molar-refractivity contribution in [2.24, 2.45) is 5.92 Å². The monoisotopic (exact) mass is 257 g/mol. The van der Waals surface area contributed by atoms with E-state index in [1.54, 1.807) is 0 Å². The molecule has 1 nitrogen and oxygen atoms in total. The molecule has 0 heterocycles. The standard InChI is InChI=1S/C14H18F3N/c1-2-18-13(6-9-4-3-5-9)14-11(16)7-10(15)8-12(14)17/h7-9,13,18H,2-6H2,1H3. The van der Waals surface area contributed by atoms with Crippen LogP contribution in [-0.2, 0) is 0 Å². The maximum Gasteiger partial charge on any atom is 0.133 e. The average molecular weight is 257 g/mol. The van der Waals surface area contributed by atoms with E-state index in [9.17, 15) is 13.2 Å². The first-order valence-corrected chi connectivity index (χ1v) is 6.49. The number of hydrogen-bond donors (Lipinski definition) is 1. The van der Waals surface area contributed by atoms with Crippen molar-refractivity contribution >= 4 is 0 Å². The van der Waals surface area contributed by atoms with Crippen molar-refractivity contribution in [2.75, 3.05) is 6.54 Å². The van der Waals surface area contributed by atoms with Crippen molar-refractivity contribution in [3.63, 3.8) is 0 Å². The van der Waals surface area contributed by atoms with E-state index in [0.29, 0.717) is 18.9 Å². The molecule has 1 N–H and O–H groups in total. The highest BCUT2D eigenvalue weighted by Gasteiger charge is 2.26. The molecule has 1 atom stereocenters. The lowest BCUT2D eigenvalue weighted by molar-refractivity contribution is 0.257. The lowest BCUT2D eigenvalue weighted by Crippen LogP contribution is -2.27. The predicted octanol–water partition coefficient (Wildman–Crippen LogP) is 3.94. The van der Waals surface area contributed by atoms with E-state index >= 15 is 0 Å². The van der Waals surface area contributed by atoms with Crippen molar-refractivity contribution < 1.29 is 13.2 Å². The van der Waals surface area contributed by atoms with Crippen LogP contribution in [0.15, 0.2) is 12.1 Å². The zero-order valence-corrected chi connectivity index (χ0v) is 10.5. The molecule has 0 aliphatic heterocycles. The Morgan fingerprint density at radius 1 is 1.22 bits per heavy atom. The average Bonchev–Trinajstić information content (AvgIpc) is 2.21. The van der Waals surface area contributed by atoms with Gasteiger partial charge < -0.3 is 5.32 Å². The highest BCUT2D eigenvalue weighted by molar-refractivity contribution is 5.24. The summed E-state index contributed by atoms with van der Waals surface area (Å²) in [5.74, 6) is -1.93. The van der Waals surface area contributed by atoms with Gasteiger partial charge in [0, 0.05) is 23.7 Å². The molecule has 4 heteroatoms. The van der Waals surface area contributed by atoms with Crippen molar-refractivity contribution in [3.8, 4) is 0 Å². The normalized spacial score (nSPS) is 17.6. The smallest absolute Gasteiger partial charge is 0.133 e. The van der Waals surface area contributed by atoms with Crippen LogP contribution >= 0.6 is 0 Å². The van der Waals surface area contributed by atoms with Gasteiger partial charge in [-0.25, -0.2) is 13.2 Å². The van der Waals surface area contributed by atoms with Gasteiger partial charge in [0.25, 0.3) is 0 Å². The molecular weight excluding hydrogens is 239 g/mol. The number of rotatable bonds is 5. The molecule has 1 aliphatic carbocycles. The second-order valence-corrected chi connectivity index (χ2v) is 4.93. The molecule has 0 aromatic heterocycles. The van der Waals surface area contributed by atoms with Crippen molar-refractivity contribution in [1.29, 1.82) is 0 Å². The van der Waals surface area contributed by atoms with Crippen molar-refractivity contribution in [2.45, 2.75) is 38.6 Å². The van der Waals surface area contributed by atoms with E-state index in [2.05, 4.69) is 5.32 Å². The maximum absolute atomic E-state index is 13.7. The summed E-state index contributed by atoms with van der Waals surface area (Å²) >= 11 is 0. The van der Waals surface area contributed by atoms with E-state index in [1.807, 2.05) is 6.92 Å². The van der Waals surface area contributed by atoms with E-state index in [4.69, 9.17) is 0 Å². The van der Waals surface area contributed by atoms with Gasteiger partial charge in [0.1, 0.15) is 17.5 Å². The fourth-order valence-corrected chi connectivity index (χ4v) is 2.50. The summed E-state index contributed by atoms with van der Waals surface area (Å²) in [6.45, 7) is 2.53. The molecule has 0 saturated heterocycles. The summed E-state index contributed by atoms with van der Waals surface area (Å²) in [5, 5.41) is 3.10. The first-order valence-electron chi connectivity index (χ1n) is 6.49. The van der Waals surface area contributed by atoms with Gasteiger partial charge in [-0.15, -0.1) is 0 Å². The Morgan fingerprint density at radius 2 is 1.83 bits per heavy atom. The molecule has 1 aromatic rings. The first-order chi connectivity index (χ1) is 8.61. The van der Waals surface area contributed by atoms with Gasteiger partial charge in [-0.1, -0.05) is 26.2 Å². The lowest BCUT2D eigenvalue weighted by Gasteiger charge is -2.30. The lowest BCUT2D eigenvalue weighted by atomic mass is 9.79. The van der Waals surface area contributed by atoms with Crippen LogP contribution in [0.25, 0.3) is 0 Å². The molecule has 1 fully saturated rings. The third kappa shape index (κ3) is 2.86. The van der Waals surface area contributed by atoms with Gasteiger partial charge in [-0.05, 0) is 18.9 Å². The Bertz CT molecular complexity index is 392. The van der Waals surface area contributed by atoms with E-state index in [0.717, 1.165) is 25.0 Å². The summed E-state index contributed by atoms with van der Waals surface area (Å²) in [6, 6.07) is 1.15. The van der Waals surface area contributed by atoms with Crippen LogP contribution in [0.2, 0.25) is 0 Å². The summed E-state index contributed by atoms with van der Waals surface area (Å²) in [6.07, 6.45) is 4.14. The van der Waals surface area contributed by atoms with Gasteiger partial charge in [0.2, 0.25) is 0 Å². The minimum absolute atomic E-state index is 0.0230. The van der Waals surface area contributed by atoms with E-state index in [-0.39, 0.29) is 11.6 Å². The number of hydrogen-bond acceptors (Lipinski definition) is 1. The zero-order valence-electron chi connectivity index (χ0n) is 10.5. The van der Waals surface area contributed by atoms with Crippen molar-refractivity contribution in [1.82, 2.24) is 5.32 Å². The van der Waals surface area contributed by atoms with Gasteiger partial charge in [-0.2, -0.15) is 0 Å².